The number of rotatable bonds is 6. The van der Waals surface area contributed by atoms with Gasteiger partial charge in [-0.3, -0.25) is 9.69 Å². The van der Waals surface area contributed by atoms with Gasteiger partial charge in [-0.15, -0.1) is 0 Å². The van der Waals surface area contributed by atoms with Crippen molar-refractivity contribution in [1.82, 2.24) is 4.98 Å². The highest BCUT2D eigenvalue weighted by Gasteiger charge is 2.26. The molecule has 1 aliphatic rings. The van der Waals surface area contributed by atoms with E-state index in [-0.39, 0.29) is 12.0 Å². The van der Waals surface area contributed by atoms with Crippen LogP contribution in [0.15, 0.2) is 42.5 Å². The van der Waals surface area contributed by atoms with E-state index in [4.69, 9.17) is 14.5 Å². The van der Waals surface area contributed by atoms with E-state index in [1.165, 1.54) is 11.3 Å². The van der Waals surface area contributed by atoms with Crippen molar-refractivity contribution in [2.75, 3.05) is 25.2 Å². The molecule has 6 heteroatoms. The summed E-state index contributed by atoms with van der Waals surface area (Å²) in [7, 11) is 1.64. The van der Waals surface area contributed by atoms with Crippen molar-refractivity contribution in [2.24, 2.45) is 0 Å². The number of nitrogens with zero attached hydrogens (tertiary/aromatic N) is 2. The topological polar surface area (TPSA) is 51.7 Å². The first kappa shape index (κ1) is 18.9. The molecule has 1 atom stereocenters. The number of aromatic nitrogens is 1. The molecule has 146 valence electrons. The molecule has 0 spiro atoms. The number of carbonyl (C=O) groups is 1. The van der Waals surface area contributed by atoms with Crippen LogP contribution in [-0.4, -0.2) is 37.3 Å². The molecule has 3 aromatic rings. The summed E-state index contributed by atoms with van der Waals surface area (Å²) in [5, 5.41) is 0.719. The molecular weight excluding hydrogens is 372 g/mol. The SMILES string of the molecule is COc1ccc2sc(N(CC3CCCO3)C(=O)Cc3cccc(C)c3)nc2c1. The summed E-state index contributed by atoms with van der Waals surface area (Å²) in [6.45, 7) is 3.35. The van der Waals surface area contributed by atoms with Crippen molar-refractivity contribution in [3.63, 3.8) is 0 Å². The summed E-state index contributed by atoms with van der Waals surface area (Å²) in [4.78, 5) is 19.8. The predicted octanol–water partition coefficient (Wildman–Crippen LogP) is 4.37. The average molecular weight is 397 g/mol. The molecule has 0 N–H and O–H groups in total. The van der Waals surface area contributed by atoms with Crippen LogP contribution in [0.2, 0.25) is 0 Å². The number of aryl methyl sites for hydroxylation is 1. The second-order valence-corrected chi connectivity index (χ2v) is 8.14. The first-order valence-corrected chi connectivity index (χ1v) is 10.4. The summed E-state index contributed by atoms with van der Waals surface area (Å²) in [6, 6.07) is 13.9. The number of amides is 1. The summed E-state index contributed by atoms with van der Waals surface area (Å²) in [5.74, 6) is 0.813. The highest BCUT2D eigenvalue weighted by Crippen LogP contribution is 2.32. The van der Waals surface area contributed by atoms with Gasteiger partial charge < -0.3 is 9.47 Å². The number of methoxy groups -OCH3 is 1. The molecule has 5 nitrogen and oxygen atoms in total. The van der Waals surface area contributed by atoms with Crippen molar-refractivity contribution >= 4 is 32.6 Å². The highest BCUT2D eigenvalue weighted by atomic mass is 32.1. The summed E-state index contributed by atoms with van der Waals surface area (Å²) >= 11 is 1.53. The van der Waals surface area contributed by atoms with Crippen LogP contribution in [0.25, 0.3) is 10.2 Å². The lowest BCUT2D eigenvalue weighted by Crippen LogP contribution is -2.38. The number of anilines is 1. The van der Waals surface area contributed by atoms with E-state index in [0.717, 1.165) is 51.7 Å². The lowest BCUT2D eigenvalue weighted by atomic mass is 10.1. The summed E-state index contributed by atoms with van der Waals surface area (Å²) < 4.78 is 12.1. The van der Waals surface area contributed by atoms with Crippen molar-refractivity contribution in [3.05, 3.63) is 53.6 Å². The molecule has 0 radical (unpaired) electrons. The number of carbonyl (C=O) groups excluding carboxylic acids is 1. The Morgan fingerprint density at radius 1 is 1.32 bits per heavy atom. The average Bonchev–Trinajstić information content (AvgIpc) is 3.34. The molecule has 2 aromatic carbocycles. The van der Waals surface area contributed by atoms with Crippen LogP contribution in [0.5, 0.6) is 5.75 Å². The second-order valence-electron chi connectivity index (χ2n) is 7.14. The molecule has 28 heavy (non-hydrogen) atoms. The number of hydrogen-bond acceptors (Lipinski definition) is 5. The zero-order chi connectivity index (χ0) is 19.5. The Balaban J connectivity index is 1.63. The van der Waals surface area contributed by atoms with Crippen LogP contribution in [0, 0.1) is 6.92 Å². The fourth-order valence-corrected chi connectivity index (χ4v) is 4.48. The van der Waals surface area contributed by atoms with E-state index in [2.05, 4.69) is 6.07 Å². The van der Waals surface area contributed by atoms with Gasteiger partial charge in [0.25, 0.3) is 0 Å². The monoisotopic (exact) mass is 396 g/mol. The van der Waals surface area contributed by atoms with Gasteiger partial charge in [0.2, 0.25) is 5.91 Å². The molecule has 0 bridgehead atoms. The number of hydrogen-bond donors (Lipinski definition) is 0. The van der Waals surface area contributed by atoms with Crippen LogP contribution in [0.1, 0.15) is 24.0 Å². The van der Waals surface area contributed by atoms with E-state index in [0.29, 0.717) is 13.0 Å². The first-order valence-electron chi connectivity index (χ1n) is 9.54. The van der Waals surface area contributed by atoms with Gasteiger partial charge >= 0.3 is 0 Å². The van der Waals surface area contributed by atoms with Gasteiger partial charge in [-0.1, -0.05) is 41.2 Å². The van der Waals surface area contributed by atoms with Gasteiger partial charge in [0.05, 0.1) is 36.4 Å². The number of fused-ring (bicyclic) bond motifs is 1. The van der Waals surface area contributed by atoms with Gasteiger partial charge in [0.1, 0.15) is 5.75 Å². The second kappa shape index (κ2) is 8.29. The van der Waals surface area contributed by atoms with Crippen LogP contribution < -0.4 is 9.64 Å². The van der Waals surface area contributed by atoms with Crippen molar-refractivity contribution < 1.29 is 14.3 Å². The number of ether oxygens (including phenoxy) is 2. The van der Waals surface area contributed by atoms with Crippen LogP contribution in [0.4, 0.5) is 5.13 Å². The van der Waals surface area contributed by atoms with Crippen LogP contribution >= 0.6 is 11.3 Å². The Kier molecular flexibility index (Phi) is 5.59. The van der Waals surface area contributed by atoms with Gasteiger partial charge in [0, 0.05) is 12.7 Å². The fraction of sp³-hybridized carbons (Fsp3) is 0.364. The van der Waals surface area contributed by atoms with E-state index in [1.54, 1.807) is 12.0 Å². The maximum Gasteiger partial charge on any atom is 0.233 e. The Hall–Kier alpha value is -2.44. The predicted molar refractivity (Wildman–Crippen MR) is 112 cm³/mol. The van der Waals surface area contributed by atoms with Gasteiger partial charge in [-0.2, -0.15) is 0 Å². The van der Waals surface area contributed by atoms with E-state index in [9.17, 15) is 4.79 Å². The van der Waals surface area contributed by atoms with Crippen molar-refractivity contribution in [1.29, 1.82) is 0 Å². The van der Waals surface area contributed by atoms with Crippen molar-refractivity contribution in [2.45, 2.75) is 32.3 Å². The van der Waals surface area contributed by atoms with E-state index < -0.39 is 0 Å². The maximum absolute atomic E-state index is 13.2. The highest BCUT2D eigenvalue weighted by molar-refractivity contribution is 7.22. The minimum absolute atomic E-state index is 0.0483. The number of benzene rings is 2. The molecule has 1 aromatic heterocycles. The Bertz CT molecular complexity index is 979. The smallest absolute Gasteiger partial charge is 0.233 e. The summed E-state index contributed by atoms with van der Waals surface area (Å²) in [5.41, 5.74) is 3.02. The first-order chi connectivity index (χ1) is 13.6. The molecule has 1 saturated heterocycles. The molecule has 0 aliphatic carbocycles. The Morgan fingerprint density at radius 2 is 2.21 bits per heavy atom. The maximum atomic E-state index is 13.2. The minimum atomic E-state index is 0.0483. The lowest BCUT2D eigenvalue weighted by Gasteiger charge is -2.23. The van der Waals surface area contributed by atoms with Gasteiger partial charge in [-0.25, -0.2) is 4.98 Å². The third-order valence-electron chi connectivity index (χ3n) is 4.96. The standard InChI is InChI=1S/C22H24N2O3S/c1-15-5-3-6-16(11-15)12-21(25)24(14-18-7-4-10-27-18)22-23-19-13-17(26-2)8-9-20(19)28-22/h3,5-6,8-9,11,13,18H,4,7,10,12,14H2,1-2H3. The van der Waals surface area contributed by atoms with Gasteiger partial charge in [0.15, 0.2) is 5.13 Å². The largest absolute Gasteiger partial charge is 0.497 e. The van der Waals surface area contributed by atoms with Crippen molar-refractivity contribution in [3.8, 4) is 5.75 Å². The molecule has 1 fully saturated rings. The normalized spacial score (nSPS) is 16.4. The molecule has 2 heterocycles. The fourth-order valence-electron chi connectivity index (χ4n) is 3.51. The van der Waals surface area contributed by atoms with Gasteiger partial charge in [-0.05, 0) is 37.5 Å². The van der Waals surface area contributed by atoms with E-state index in [1.807, 2.05) is 43.3 Å². The zero-order valence-electron chi connectivity index (χ0n) is 16.2. The molecule has 4 rings (SSSR count). The molecule has 1 amide bonds. The number of thiazole rings is 1. The molecule has 1 aliphatic heterocycles. The Morgan fingerprint density at radius 3 is 2.96 bits per heavy atom. The Labute approximate surface area is 168 Å². The third-order valence-corrected chi connectivity index (χ3v) is 6.02. The molecule has 0 saturated carbocycles. The zero-order valence-corrected chi connectivity index (χ0v) is 17.0. The molecular formula is C22H24N2O3S. The van der Waals surface area contributed by atoms with E-state index >= 15 is 0 Å². The van der Waals surface area contributed by atoms with Crippen LogP contribution in [0.3, 0.4) is 0 Å². The lowest BCUT2D eigenvalue weighted by molar-refractivity contribution is -0.118. The molecule has 1 unspecified atom stereocenters. The minimum Gasteiger partial charge on any atom is -0.497 e. The van der Waals surface area contributed by atoms with Crippen LogP contribution in [-0.2, 0) is 16.0 Å². The quantitative estimate of drug-likeness (QED) is 0.621. The third kappa shape index (κ3) is 4.18. The summed E-state index contributed by atoms with van der Waals surface area (Å²) in [6.07, 6.45) is 2.45.